The van der Waals surface area contributed by atoms with Crippen LogP contribution in [0.3, 0.4) is 0 Å². The number of nitrogens with zero attached hydrogens (tertiary/aromatic N) is 1. The number of hydrogen-bond donors (Lipinski definition) is 0. The van der Waals surface area contributed by atoms with Crippen molar-refractivity contribution in [3.63, 3.8) is 0 Å². The number of fused-ring (bicyclic) bond motifs is 2. The monoisotopic (exact) mass is 297 g/mol. The van der Waals surface area contributed by atoms with E-state index in [2.05, 4.69) is 9.72 Å². The van der Waals surface area contributed by atoms with Crippen LogP contribution in [-0.2, 0) is 0 Å². The third-order valence-corrected chi connectivity index (χ3v) is 3.44. The van der Waals surface area contributed by atoms with E-state index >= 15 is 0 Å². The van der Waals surface area contributed by atoms with Gasteiger partial charge in [0.05, 0.1) is 23.0 Å². The molecule has 0 saturated carbocycles. The predicted molar refractivity (Wildman–Crippen MR) is 70.7 cm³/mol. The molecule has 0 aliphatic carbocycles. The highest BCUT2D eigenvalue weighted by molar-refractivity contribution is 6.40. The number of hydrogen-bond acceptors (Lipinski definition) is 2. The van der Waals surface area contributed by atoms with Crippen molar-refractivity contribution in [1.29, 1.82) is 0 Å². The van der Waals surface area contributed by atoms with Gasteiger partial charge < -0.3 is 4.74 Å². The molecule has 0 atom stereocenters. The van der Waals surface area contributed by atoms with E-state index < -0.39 is 23.2 Å². The van der Waals surface area contributed by atoms with Crippen LogP contribution >= 0.6 is 11.6 Å². The minimum absolute atomic E-state index is 0.0800. The van der Waals surface area contributed by atoms with E-state index in [9.17, 15) is 13.2 Å². The molecule has 3 rings (SSSR count). The molecule has 0 unspecified atom stereocenters. The molecule has 0 bridgehead atoms. The number of methoxy groups -OCH3 is 1. The molecule has 0 amide bonds. The molecule has 0 spiro atoms. The van der Waals surface area contributed by atoms with Crippen LogP contribution in [0.1, 0.15) is 0 Å². The standard InChI is InChI=1S/C14H7ClF3NO/c1-20-14-11(17)10(16)8-9(15)6-4-2-3-5-7(6)19-13(8)12(14)18/h2-5H,1H3. The van der Waals surface area contributed by atoms with E-state index in [1.54, 1.807) is 24.3 Å². The van der Waals surface area contributed by atoms with Crippen molar-refractivity contribution in [3.05, 3.63) is 46.7 Å². The molecule has 1 aromatic heterocycles. The first kappa shape index (κ1) is 13.0. The van der Waals surface area contributed by atoms with E-state index in [1.807, 2.05) is 0 Å². The van der Waals surface area contributed by atoms with Gasteiger partial charge in [-0.1, -0.05) is 29.8 Å². The van der Waals surface area contributed by atoms with Crippen molar-refractivity contribution < 1.29 is 17.9 Å². The average Bonchev–Trinajstić information content (AvgIpc) is 2.45. The molecule has 0 saturated heterocycles. The van der Waals surface area contributed by atoms with Crippen LogP contribution in [0.15, 0.2) is 24.3 Å². The second-order valence-electron chi connectivity index (χ2n) is 4.14. The molecule has 20 heavy (non-hydrogen) atoms. The number of aromatic nitrogens is 1. The molecule has 6 heteroatoms. The highest BCUT2D eigenvalue weighted by atomic mass is 35.5. The number of halogens is 4. The minimum Gasteiger partial charge on any atom is -0.491 e. The van der Waals surface area contributed by atoms with Gasteiger partial charge in [-0.05, 0) is 6.07 Å². The van der Waals surface area contributed by atoms with Gasteiger partial charge >= 0.3 is 0 Å². The lowest BCUT2D eigenvalue weighted by Crippen LogP contribution is -2.01. The Morgan fingerprint density at radius 2 is 1.75 bits per heavy atom. The molecule has 3 aromatic rings. The maximum Gasteiger partial charge on any atom is 0.204 e. The summed E-state index contributed by atoms with van der Waals surface area (Å²) in [5, 5.41) is -0.0470. The topological polar surface area (TPSA) is 22.1 Å². The number of rotatable bonds is 1. The summed E-state index contributed by atoms with van der Waals surface area (Å²) >= 11 is 6.06. The summed E-state index contributed by atoms with van der Waals surface area (Å²) in [6.45, 7) is 0. The first-order valence-corrected chi connectivity index (χ1v) is 6.02. The van der Waals surface area contributed by atoms with Gasteiger partial charge in [0.25, 0.3) is 0 Å². The first-order valence-electron chi connectivity index (χ1n) is 5.64. The van der Waals surface area contributed by atoms with Crippen molar-refractivity contribution in [2.75, 3.05) is 7.11 Å². The van der Waals surface area contributed by atoms with Crippen LogP contribution < -0.4 is 4.74 Å². The van der Waals surface area contributed by atoms with Crippen LogP contribution in [0, 0.1) is 17.5 Å². The summed E-state index contributed by atoms with van der Waals surface area (Å²) in [6.07, 6.45) is 0. The lowest BCUT2D eigenvalue weighted by Gasteiger charge is -2.11. The summed E-state index contributed by atoms with van der Waals surface area (Å²) in [7, 11) is 1.05. The zero-order valence-corrected chi connectivity index (χ0v) is 10.9. The van der Waals surface area contributed by atoms with Crippen molar-refractivity contribution in [1.82, 2.24) is 4.98 Å². The number of pyridine rings is 1. The summed E-state index contributed by atoms with van der Waals surface area (Å²) in [5.41, 5.74) is 0.0291. The second kappa shape index (κ2) is 4.52. The Labute approximate surface area is 116 Å². The Morgan fingerprint density at radius 1 is 1.05 bits per heavy atom. The van der Waals surface area contributed by atoms with Crippen LogP contribution in [0.4, 0.5) is 13.2 Å². The zero-order valence-electron chi connectivity index (χ0n) is 10.2. The van der Waals surface area contributed by atoms with Crippen LogP contribution in [0.5, 0.6) is 5.75 Å². The van der Waals surface area contributed by atoms with Crippen molar-refractivity contribution in [2.45, 2.75) is 0 Å². The zero-order chi connectivity index (χ0) is 14.4. The quantitative estimate of drug-likeness (QED) is 0.488. The largest absolute Gasteiger partial charge is 0.491 e. The van der Waals surface area contributed by atoms with Gasteiger partial charge in [-0.2, -0.15) is 4.39 Å². The molecule has 0 fully saturated rings. The highest BCUT2D eigenvalue weighted by Crippen LogP contribution is 2.38. The van der Waals surface area contributed by atoms with Gasteiger partial charge in [0.1, 0.15) is 5.52 Å². The van der Waals surface area contributed by atoms with E-state index in [1.165, 1.54) is 0 Å². The molecular weight excluding hydrogens is 291 g/mol. The molecule has 0 aliphatic heterocycles. The third kappa shape index (κ3) is 1.63. The van der Waals surface area contributed by atoms with Gasteiger partial charge in [0, 0.05) is 5.39 Å². The lowest BCUT2D eigenvalue weighted by atomic mass is 10.1. The fourth-order valence-electron chi connectivity index (χ4n) is 2.12. The van der Waals surface area contributed by atoms with E-state index in [-0.39, 0.29) is 15.9 Å². The second-order valence-corrected chi connectivity index (χ2v) is 4.52. The highest BCUT2D eigenvalue weighted by Gasteiger charge is 2.24. The maximum absolute atomic E-state index is 14.2. The molecule has 102 valence electrons. The van der Waals surface area contributed by atoms with E-state index in [0.717, 1.165) is 7.11 Å². The fraction of sp³-hybridized carbons (Fsp3) is 0.0714. The molecular formula is C14H7ClF3NO. The van der Waals surface area contributed by atoms with Crippen LogP contribution in [0.25, 0.3) is 21.8 Å². The van der Waals surface area contributed by atoms with Crippen LogP contribution in [-0.4, -0.2) is 12.1 Å². The fourth-order valence-corrected chi connectivity index (χ4v) is 2.46. The smallest absolute Gasteiger partial charge is 0.204 e. The van der Waals surface area contributed by atoms with Gasteiger partial charge in [-0.15, -0.1) is 0 Å². The van der Waals surface area contributed by atoms with E-state index in [4.69, 9.17) is 11.6 Å². The predicted octanol–water partition coefficient (Wildman–Crippen LogP) is 4.47. The average molecular weight is 298 g/mol. The van der Waals surface area contributed by atoms with Crippen molar-refractivity contribution in [2.24, 2.45) is 0 Å². The molecule has 0 radical (unpaired) electrons. The Hall–Kier alpha value is -2.01. The number of para-hydroxylation sites is 1. The molecule has 2 nitrogen and oxygen atoms in total. The lowest BCUT2D eigenvalue weighted by molar-refractivity contribution is 0.350. The summed E-state index contributed by atoms with van der Waals surface area (Å²) in [6, 6.07) is 6.57. The Balaban J connectivity index is 2.62. The van der Waals surface area contributed by atoms with Crippen LogP contribution in [0.2, 0.25) is 5.02 Å². The Kier molecular flexibility index (Phi) is 2.94. The molecule has 2 aromatic carbocycles. The number of benzene rings is 2. The summed E-state index contributed by atoms with van der Waals surface area (Å²) < 4.78 is 46.5. The summed E-state index contributed by atoms with van der Waals surface area (Å²) in [4.78, 5) is 4.00. The van der Waals surface area contributed by atoms with E-state index in [0.29, 0.717) is 10.9 Å². The molecule has 1 heterocycles. The number of ether oxygens (including phenoxy) is 1. The molecule has 0 aliphatic rings. The Morgan fingerprint density at radius 3 is 2.45 bits per heavy atom. The van der Waals surface area contributed by atoms with Crippen molar-refractivity contribution in [3.8, 4) is 5.75 Å². The first-order chi connectivity index (χ1) is 9.56. The van der Waals surface area contributed by atoms with Gasteiger partial charge in [-0.25, -0.2) is 13.8 Å². The van der Waals surface area contributed by atoms with Gasteiger partial charge in [0.15, 0.2) is 17.4 Å². The Bertz CT molecular complexity index is 851. The minimum atomic E-state index is -1.42. The van der Waals surface area contributed by atoms with Crippen molar-refractivity contribution >= 4 is 33.4 Å². The van der Waals surface area contributed by atoms with Gasteiger partial charge in [-0.3, -0.25) is 0 Å². The normalized spacial score (nSPS) is 11.2. The third-order valence-electron chi connectivity index (χ3n) is 3.05. The summed E-state index contributed by atoms with van der Waals surface area (Å²) in [5.74, 6) is -4.58. The maximum atomic E-state index is 14.2. The molecule has 0 N–H and O–H groups in total. The van der Waals surface area contributed by atoms with Gasteiger partial charge in [0.2, 0.25) is 5.82 Å². The SMILES string of the molecule is COc1c(F)c(F)c2c(Cl)c3ccccc3nc2c1F.